The molecule has 14 heavy (non-hydrogen) atoms. The second-order valence-corrected chi connectivity index (χ2v) is 3.27. The first kappa shape index (κ1) is 10.9. The number of benzene rings is 1. The lowest BCUT2D eigenvalue weighted by atomic mass is 10.3. The van der Waals surface area contributed by atoms with E-state index < -0.39 is 0 Å². The first-order valence-corrected chi connectivity index (χ1v) is 4.64. The van der Waals surface area contributed by atoms with Gasteiger partial charge < -0.3 is 9.64 Å². The Bertz CT molecular complexity index is 304. The van der Waals surface area contributed by atoms with Crippen molar-refractivity contribution in [2.75, 3.05) is 20.2 Å². The van der Waals surface area contributed by atoms with Gasteiger partial charge in [0.1, 0.15) is 12.4 Å². The molecule has 0 unspecified atom stereocenters. The number of nitrogens with zero attached hydrogens (tertiary/aromatic N) is 1. The van der Waals surface area contributed by atoms with E-state index >= 15 is 0 Å². The summed E-state index contributed by atoms with van der Waals surface area (Å²) in [6.45, 7) is 0.994. The number of halogens is 1. The minimum absolute atomic E-state index is 0.443. The number of likely N-dealkylation sites (N-methyl/N-ethyl adjacent to an activating group) is 1. The Morgan fingerprint density at radius 2 is 2.21 bits per heavy atom. The Labute approximate surface area is 88.2 Å². The fourth-order valence-electron chi connectivity index (χ4n) is 0.914. The molecule has 0 aliphatic carbocycles. The minimum atomic E-state index is 0.443. The van der Waals surface area contributed by atoms with Crippen LogP contribution >= 0.6 is 11.6 Å². The lowest BCUT2D eigenvalue weighted by Crippen LogP contribution is -2.22. The highest BCUT2D eigenvalue weighted by Gasteiger charge is 1.99. The van der Waals surface area contributed by atoms with E-state index in [1.54, 1.807) is 19.2 Å². The fraction of sp³-hybridized carbons (Fsp3) is 0.300. The molecule has 0 aromatic heterocycles. The van der Waals surface area contributed by atoms with Crippen molar-refractivity contribution in [3.05, 3.63) is 29.3 Å². The normalized spacial score (nSPS) is 9.57. The van der Waals surface area contributed by atoms with Crippen molar-refractivity contribution in [2.45, 2.75) is 0 Å². The number of ether oxygens (including phenoxy) is 1. The number of para-hydroxylation sites is 1. The van der Waals surface area contributed by atoms with Gasteiger partial charge in [-0.25, -0.2) is 0 Å². The highest BCUT2D eigenvalue weighted by molar-refractivity contribution is 6.32. The monoisotopic (exact) mass is 213 g/mol. The van der Waals surface area contributed by atoms with Gasteiger partial charge in [0.25, 0.3) is 0 Å². The summed E-state index contributed by atoms with van der Waals surface area (Å²) >= 11 is 5.87. The topological polar surface area (TPSA) is 29.5 Å². The molecule has 0 aliphatic rings. The van der Waals surface area contributed by atoms with Gasteiger partial charge in [-0.15, -0.1) is 0 Å². The van der Waals surface area contributed by atoms with Crippen LogP contribution in [0.15, 0.2) is 24.3 Å². The molecule has 76 valence electrons. The highest BCUT2D eigenvalue weighted by atomic mass is 35.5. The van der Waals surface area contributed by atoms with Crippen LogP contribution in [0.5, 0.6) is 5.75 Å². The zero-order valence-electron chi connectivity index (χ0n) is 7.94. The van der Waals surface area contributed by atoms with Gasteiger partial charge in [0, 0.05) is 7.05 Å². The van der Waals surface area contributed by atoms with Crippen LogP contribution in [0.25, 0.3) is 0 Å². The summed E-state index contributed by atoms with van der Waals surface area (Å²) in [6.07, 6.45) is 0.760. The van der Waals surface area contributed by atoms with E-state index in [2.05, 4.69) is 0 Å². The maximum absolute atomic E-state index is 10.3. The first-order valence-electron chi connectivity index (χ1n) is 4.27. The first-order chi connectivity index (χ1) is 6.74. The number of rotatable bonds is 5. The second kappa shape index (κ2) is 5.50. The molecule has 1 aromatic rings. The second-order valence-electron chi connectivity index (χ2n) is 2.86. The van der Waals surface area contributed by atoms with Crippen LogP contribution in [0.2, 0.25) is 5.02 Å². The lowest BCUT2D eigenvalue weighted by molar-refractivity contribution is -0.117. The summed E-state index contributed by atoms with van der Waals surface area (Å²) in [7, 11) is 1.70. The maximum Gasteiger partial charge on any atom is 0.209 e. The van der Waals surface area contributed by atoms with Crippen LogP contribution in [-0.4, -0.2) is 31.5 Å². The van der Waals surface area contributed by atoms with Crippen molar-refractivity contribution < 1.29 is 9.53 Å². The van der Waals surface area contributed by atoms with E-state index in [-0.39, 0.29) is 0 Å². The lowest BCUT2D eigenvalue weighted by Gasteiger charge is -2.12. The molecule has 0 bridgehead atoms. The van der Waals surface area contributed by atoms with Crippen LogP contribution in [0.4, 0.5) is 0 Å². The van der Waals surface area contributed by atoms with Crippen LogP contribution in [0, 0.1) is 0 Å². The smallest absolute Gasteiger partial charge is 0.209 e. The van der Waals surface area contributed by atoms with Gasteiger partial charge in [-0.3, -0.25) is 4.79 Å². The average molecular weight is 214 g/mol. The Hall–Kier alpha value is -1.22. The van der Waals surface area contributed by atoms with Crippen LogP contribution in [0.1, 0.15) is 0 Å². The standard InChI is InChI=1S/C10H12ClNO2/c1-12(8-13)6-7-14-10-5-3-2-4-9(10)11/h2-5,8H,6-7H2,1H3. The van der Waals surface area contributed by atoms with Crippen molar-refractivity contribution in [3.63, 3.8) is 0 Å². The summed E-state index contributed by atoms with van der Waals surface area (Å²) in [5.74, 6) is 0.647. The molecule has 4 heteroatoms. The molecule has 1 aromatic carbocycles. The van der Waals surface area contributed by atoms with Gasteiger partial charge in [-0.2, -0.15) is 0 Å². The van der Waals surface area contributed by atoms with Crippen molar-refractivity contribution in [1.29, 1.82) is 0 Å². The largest absolute Gasteiger partial charge is 0.490 e. The van der Waals surface area contributed by atoms with Gasteiger partial charge in [-0.1, -0.05) is 23.7 Å². The van der Waals surface area contributed by atoms with Crippen molar-refractivity contribution >= 4 is 18.0 Å². The van der Waals surface area contributed by atoms with E-state index in [0.717, 1.165) is 6.41 Å². The van der Waals surface area contributed by atoms with Crippen LogP contribution in [0.3, 0.4) is 0 Å². The third-order valence-electron chi connectivity index (χ3n) is 1.72. The predicted octanol–water partition coefficient (Wildman–Crippen LogP) is 1.81. The molecule has 0 radical (unpaired) electrons. The molecule has 0 saturated heterocycles. The molecule has 1 amide bonds. The molecular formula is C10H12ClNO2. The summed E-state index contributed by atoms with van der Waals surface area (Å²) < 4.78 is 5.38. The van der Waals surface area contributed by atoms with Gasteiger partial charge >= 0.3 is 0 Å². The van der Waals surface area contributed by atoms with Gasteiger partial charge in [-0.05, 0) is 12.1 Å². The summed E-state index contributed by atoms with van der Waals surface area (Å²) in [5.41, 5.74) is 0. The predicted molar refractivity (Wildman–Crippen MR) is 55.6 cm³/mol. The average Bonchev–Trinajstić information content (AvgIpc) is 2.20. The summed E-state index contributed by atoms with van der Waals surface area (Å²) in [5, 5.41) is 0.584. The Balaban J connectivity index is 2.38. The zero-order valence-corrected chi connectivity index (χ0v) is 8.70. The van der Waals surface area contributed by atoms with E-state index in [0.29, 0.717) is 23.9 Å². The molecule has 0 atom stereocenters. The van der Waals surface area contributed by atoms with Crippen molar-refractivity contribution in [1.82, 2.24) is 4.90 Å². The van der Waals surface area contributed by atoms with Gasteiger partial charge in [0.15, 0.2) is 0 Å². The molecule has 0 aliphatic heterocycles. The number of amides is 1. The van der Waals surface area contributed by atoms with Gasteiger partial charge in [0.05, 0.1) is 11.6 Å². The van der Waals surface area contributed by atoms with E-state index in [9.17, 15) is 4.79 Å². The van der Waals surface area contributed by atoms with Crippen LogP contribution < -0.4 is 4.74 Å². The molecule has 1 rings (SSSR count). The maximum atomic E-state index is 10.3. The number of hydrogen-bond acceptors (Lipinski definition) is 2. The quantitative estimate of drug-likeness (QED) is 0.699. The van der Waals surface area contributed by atoms with Crippen LogP contribution in [-0.2, 0) is 4.79 Å². The zero-order chi connectivity index (χ0) is 10.4. The molecule has 0 N–H and O–H groups in total. The summed E-state index contributed by atoms with van der Waals surface area (Å²) in [4.78, 5) is 11.8. The molecule has 0 saturated carbocycles. The Morgan fingerprint density at radius 3 is 2.86 bits per heavy atom. The van der Waals surface area contributed by atoms with E-state index in [4.69, 9.17) is 16.3 Å². The third kappa shape index (κ3) is 3.26. The number of carbonyl (C=O) groups is 1. The fourth-order valence-corrected chi connectivity index (χ4v) is 1.10. The minimum Gasteiger partial charge on any atom is -0.490 e. The molecule has 0 spiro atoms. The Morgan fingerprint density at radius 1 is 1.50 bits per heavy atom. The molecule has 0 fully saturated rings. The van der Waals surface area contributed by atoms with E-state index in [1.165, 1.54) is 4.90 Å². The molecular weight excluding hydrogens is 202 g/mol. The van der Waals surface area contributed by atoms with Crippen molar-refractivity contribution in [3.8, 4) is 5.75 Å². The summed E-state index contributed by atoms with van der Waals surface area (Å²) in [6, 6.07) is 7.25. The van der Waals surface area contributed by atoms with Gasteiger partial charge in [0.2, 0.25) is 6.41 Å². The molecule has 0 heterocycles. The number of carbonyl (C=O) groups excluding carboxylic acids is 1. The SMILES string of the molecule is CN(C=O)CCOc1ccccc1Cl. The van der Waals surface area contributed by atoms with Crippen molar-refractivity contribution in [2.24, 2.45) is 0 Å². The van der Waals surface area contributed by atoms with E-state index in [1.807, 2.05) is 12.1 Å². The third-order valence-corrected chi connectivity index (χ3v) is 2.03. The highest BCUT2D eigenvalue weighted by Crippen LogP contribution is 2.22. The number of hydrogen-bond donors (Lipinski definition) is 0. The molecule has 3 nitrogen and oxygen atoms in total. The Kier molecular flexibility index (Phi) is 4.26.